The average molecular weight is 170 g/mol. The normalized spacial score (nSPS) is 32.0. The molecule has 0 bridgehead atoms. The Morgan fingerprint density at radius 2 is 2.42 bits per heavy atom. The van der Waals surface area contributed by atoms with Crippen LogP contribution in [0.15, 0.2) is 18.1 Å². The molecule has 1 aromatic rings. The summed E-state index contributed by atoms with van der Waals surface area (Å²) < 4.78 is 52.9. The fraction of sp³-hybridized carbons (Fsp3) is 0.222. The fourth-order valence-corrected chi connectivity index (χ4v) is 0.848. The van der Waals surface area contributed by atoms with Gasteiger partial charge in [-0.15, -0.1) is 0 Å². The number of carbonyl (C=O) groups excluding carboxylic acids is 1. The molecule has 1 aliphatic rings. The summed E-state index contributed by atoms with van der Waals surface area (Å²) in [5, 5.41) is 11.4. The van der Waals surface area contributed by atoms with Gasteiger partial charge in [0.25, 0.3) is 0 Å². The standard InChI is InChI=1S/C9H9NO2/c11-7-3-1-6-2-4-9(12)10-8(6)5-7/h1,3,5,11H,2,4H2,(H,10,12)/i1D,2D2,3D,4D2,5D. The van der Waals surface area contributed by atoms with Gasteiger partial charge < -0.3 is 10.4 Å². The largest absolute Gasteiger partial charge is 0.508 e. The second-order valence-electron chi connectivity index (χ2n) is 2.18. The molecule has 0 aliphatic carbocycles. The molecular weight excluding hydrogens is 154 g/mol. The number of nitrogens with one attached hydrogen (secondary N) is 1. The van der Waals surface area contributed by atoms with Crippen molar-refractivity contribution in [2.45, 2.75) is 12.7 Å². The number of aromatic hydroxyl groups is 1. The predicted octanol–water partition coefficient (Wildman–Crippen LogP) is 1.28. The highest BCUT2D eigenvalue weighted by Gasteiger charge is 2.14. The minimum atomic E-state index is -2.94. The van der Waals surface area contributed by atoms with Crippen molar-refractivity contribution in [1.82, 2.24) is 0 Å². The molecule has 1 aromatic carbocycles. The lowest BCUT2D eigenvalue weighted by Crippen LogP contribution is -2.18. The van der Waals surface area contributed by atoms with Crippen molar-refractivity contribution in [2.24, 2.45) is 0 Å². The smallest absolute Gasteiger partial charge is 0.224 e. The summed E-state index contributed by atoms with van der Waals surface area (Å²) in [6.45, 7) is 0. The summed E-state index contributed by atoms with van der Waals surface area (Å²) in [6.07, 6.45) is -5.81. The molecule has 2 N–H and O–H groups in total. The molecule has 1 amide bonds. The second-order valence-corrected chi connectivity index (χ2v) is 2.18. The van der Waals surface area contributed by atoms with Gasteiger partial charge in [-0.25, -0.2) is 0 Å². The topological polar surface area (TPSA) is 49.3 Å². The molecule has 0 fully saturated rings. The molecule has 0 unspecified atom stereocenters. The Hall–Kier alpha value is -1.51. The summed E-state index contributed by atoms with van der Waals surface area (Å²) in [6, 6.07) is -2.24. The van der Waals surface area contributed by atoms with Crippen molar-refractivity contribution in [3.63, 3.8) is 0 Å². The molecule has 0 spiro atoms. The van der Waals surface area contributed by atoms with E-state index in [1.54, 1.807) is 0 Å². The highest BCUT2D eigenvalue weighted by Crippen LogP contribution is 2.25. The first-order chi connectivity index (χ1) is 8.53. The van der Waals surface area contributed by atoms with E-state index in [1.807, 2.05) is 5.32 Å². The maximum Gasteiger partial charge on any atom is 0.224 e. The van der Waals surface area contributed by atoms with Crippen LogP contribution < -0.4 is 5.32 Å². The van der Waals surface area contributed by atoms with Crippen molar-refractivity contribution < 1.29 is 19.5 Å². The third-order valence-corrected chi connectivity index (χ3v) is 1.34. The molecule has 0 aromatic heterocycles. The van der Waals surface area contributed by atoms with Crippen LogP contribution in [0.2, 0.25) is 0 Å². The zero-order chi connectivity index (χ0) is 14.7. The van der Waals surface area contributed by atoms with Gasteiger partial charge in [-0.05, 0) is 18.0 Å². The molecule has 0 atom stereocenters. The van der Waals surface area contributed by atoms with Gasteiger partial charge in [0.1, 0.15) is 5.75 Å². The quantitative estimate of drug-likeness (QED) is 0.616. The van der Waals surface area contributed by atoms with Crippen LogP contribution in [-0.2, 0) is 11.2 Å². The van der Waals surface area contributed by atoms with E-state index in [4.69, 9.17) is 9.60 Å². The first-order valence-electron chi connectivity index (χ1n) is 6.68. The number of hydrogen-bond donors (Lipinski definition) is 2. The average Bonchev–Trinajstić information content (AvgIpc) is 2.31. The van der Waals surface area contributed by atoms with Gasteiger partial charge in [-0.2, -0.15) is 0 Å². The Labute approximate surface area is 79.9 Å². The maximum absolute atomic E-state index is 11.6. The monoisotopic (exact) mass is 170 g/mol. The number of benzene rings is 1. The lowest BCUT2D eigenvalue weighted by Gasteiger charge is -2.16. The highest BCUT2D eigenvalue weighted by molar-refractivity contribution is 5.94. The van der Waals surface area contributed by atoms with Crippen molar-refractivity contribution >= 4 is 11.6 Å². The van der Waals surface area contributed by atoms with Gasteiger partial charge in [0.05, 0.1) is 4.11 Å². The van der Waals surface area contributed by atoms with E-state index in [9.17, 15) is 9.90 Å². The molecule has 1 heterocycles. The number of fused-ring (bicyclic) bond motifs is 1. The molecule has 3 heteroatoms. The summed E-state index contributed by atoms with van der Waals surface area (Å²) in [5.74, 6) is -2.16. The zero-order valence-corrected chi connectivity index (χ0v) is 5.86. The van der Waals surface area contributed by atoms with E-state index in [0.717, 1.165) is 0 Å². The number of rotatable bonds is 0. The molecule has 0 saturated carbocycles. The minimum absolute atomic E-state index is 0.469. The SMILES string of the molecule is [2H]c1c([2H])c2c(c([2H])c1O)NC(=O)C([2H])([2H])C2([2H])[2H]. The molecule has 2 rings (SSSR count). The van der Waals surface area contributed by atoms with E-state index in [2.05, 4.69) is 0 Å². The Kier molecular flexibility index (Phi) is 0.579. The van der Waals surface area contributed by atoms with Crippen molar-refractivity contribution in [3.05, 3.63) is 23.7 Å². The number of phenolic OH excluding ortho intramolecular Hbond substituents is 1. The van der Waals surface area contributed by atoms with Crippen molar-refractivity contribution in [2.75, 3.05) is 5.32 Å². The van der Waals surface area contributed by atoms with Gasteiger partial charge in [0.15, 0.2) is 0 Å². The van der Waals surface area contributed by atoms with Gasteiger partial charge in [-0.3, -0.25) is 4.79 Å². The Morgan fingerprint density at radius 1 is 1.58 bits per heavy atom. The van der Waals surface area contributed by atoms with Gasteiger partial charge in [0.2, 0.25) is 5.91 Å². The zero-order valence-electron chi connectivity index (χ0n) is 12.9. The highest BCUT2D eigenvalue weighted by atomic mass is 16.3. The van der Waals surface area contributed by atoms with Gasteiger partial charge >= 0.3 is 0 Å². The lowest BCUT2D eigenvalue weighted by molar-refractivity contribution is -0.116. The third kappa shape index (κ3) is 1.13. The third-order valence-electron chi connectivity index (χ3n) is 1.34. The molecule has 12 heavy (non-hydrogen) atoms. The summed E-state index contributed by atoms with van der Waals surface area (Å²) in [5.41, 5.74) is -1.08. The van der Waals surface area contributed by atoms with E-state index in [1.165, 1.54) is 0 Å². The minimum Gasteiger partial charge on any atom is -0.508 e. The Balaban J connectivity index is 2.91. The lowest BCUT2D eigenvalue weighted by atomic mass is 10.0. The van der Waals surface area contributed by atoms with Crippen LogP contribution >= 0.6 is 0 Å². The van der Waals surface area contributed by atoms with Gasteiger partial charge in [-0.1, -0.05) is 6.04 Å². The maximum atomic E-state index is 11.6. The van der Waals surface area contributed by atoms with E-state index >= 15 is 0 Å². The number of carbonyl (C=O) groups is 1. The van der Waals surface area contributed by atoms with Gasteiger partial charge in [0, 0.05) is 23.6 Å². The molecular formula is C9H9NO2. The number of hydrogen-bond acceptors (Lipinski definition) is 2. The predicted molar refractivity (Wildman–Crippen MR) is 45.1 cm³/mol. The van der Waals surface area contributed by atoms with Crippen LogP contribution in [-0.4, -0.2) is 11.0 Å². The first kappa shape index (κ1) is 2.76. The van der Waals surface area contributed by atoms with Crippen molar-refractivity contribution in [1.29, 1.82) is 0 Å². The summed E-state index contributed by atoms with van der Waals surface area (Å²) in [7, 11) is 0. The number of anilines is 1. The molecule has 0 saturated heterocycles. The summed E-state index contributed by atoms with van der Waals surface area (Å²) >= 11 is 0. The number of phenols is 1. The fourth-order valence-electron chi connectivity index (χ4n) is 0.848. The van der Waals surface area contributed by atoms with Crippen LogP contribution in [0, 0.1) is 0 Å². The van der Waals surface area contributed by atoms with Crippen LogP contribution in [0.3, 0.4) is 0 Å². The van der Waals surface area contributed by atoms with Crippen LogP contribution in [0.1, 0.15) is 21.5 Å². The summed E-state index contributed by atoms with van der Waals surface area (Å²) in [4.78, 5) is 11.6. The van der Waals surface area contributed by atoms with E-state index in [0.29, 0.717) is 0 Å². The first-order valence-corrected chi connectivity index (χ1v) is 3.18. The molecule has 3 nitrogen and oxygen atoms in total. The molecule has 62 valence electrons. The second kappa shape index (κ2) is 2.52. The van der Waals surface area contributed by atoms with Crippen LogP contribution in [0.25, 0.3) is 0 Å². The van der Waals surface area contributed by atoms with Crippen LogP contribution in [0.4, 0.5) is 5.69 Å². The Bertz CT molecular complexity index is 599. The van der Waals surface area contributed by atoms with E-state index in [-0.39, 0.29) is 0 Å². The molecule has 1 aliphatic heterocycles. The van der Waals surface area contributed by atoms with E-state index < -0.39 is 53.8 Å². The van der Waals surface area contributed by atoms with Crippen LogP contribution in [0.5, 0.6) is 5.75 Å². The number of amides is 1. The van der Waals surface area contributed by atoms with Crippen molar-refractivity contribution in [3.8, 4) is 5.75 Å². The molecule has 0 radical (unpaired) electrons. The Morgan fingerprint density at radius 3 is 3.25 bits per heavy atom.